The van der Waals surface area contributed by atoms with Crippen molar-refractivity contribution in [2.45, 2.75) is 31.2 Å². The Hall–Kier alpha value is -2.40. The van der Waals surface area contributed by atoms with Crippen LogP contribution in [0.1, 0.15) is 30.5 Å². The Kier molecular flexibility index (Phi) is 4.28. The number of carbonyl (C=O) groups excluding carboxylic acids is 1. The maximum absolute atomic E-state index is 13.1. The lowest BCUT2D eigenvalue weighted by Gasteiger charge is -2.24. The second kappa shape index (κ2) is 6.24. The molecule has 1 atom stereocenters. The summed E-state index contributed by atoms with van der Waals surface area (Å²) < 4.78 is 27.2. The van der Waals surface area contributed by atoms with Crippen molar-refractivity contribution in [1.29, 1.82) is 0 Å². The van der Waals surface area contributed by atoms with Crippen molar-refractivity contribution in [2.24, 2.45) is 0 Å². The number of sulfonamides is 1. The highest BCUT2D eigenvalue weighted by Gasteiger charge is 2.43. The molecule has 1 unspecified atom stereocenters. The third kappa shape index (κ3) is 2.76. The summed E-state index contributed by atoms with van der Waals surface area (Å²) in [6, 6.07) is 15.4. The molecule has 2 aromatic rings. The molecule has 124 valence electrons. The van der Waals surface area contributed by atoms with Crippen LogP contribution in [-0.2, 0) is 14.8 Å². The van der Waals surface area contributed by atoms with Gasteiger partial charge in [-0.3, -0.25) is 4.79 Å². The Morgan fingerprint density at radius 3 is 2.25 bits per heavy atom. The van der Waals surface area contributed by atoms with Gasteiger partial charge in [0.25, 0.3) is 15.9 Å². The number of amides is 1. The number of hydrogen-bond acceptors (Lipinski definition) is 3. The maximum atomic E-state index is 13.1. The molecule has 1 heterocycles. The summed E-state index contributed by atoms with van der Waals surface area (Å²) in [7, 11) is -3.90. The highest BCUT2D eigenvalue weighted by Crippen LogP contribution is 2.40. The van der Waals surface area contributed by atoms with E-state index < -0.39 is 22.0 Å². The molecule has 24 heavy (non-hydrogen) atoms. The predicted octanol–water partition coefficient (Wildman–Crippen LogP) is 3.60. The van der Waals surface area contributed by atoms with Gasteiger partial charge in [0, 0.05) is 12.0 Å². The molecule has 3 rings (SSSR count). The first-order valence-electron chi connectivity index (χ1n) is 7.80. The number of carbonyl (C=O) groups is 1. The maximum Gasteiger partial charge on any atom is 0.267 e. The van der Waals surface area contributed by atoms with Crippen molar-refractivity contribution in [3.05, 3.63) is 77.4 Å². The van der Waals surface area contributed by atoms with Crippen molar-refractivity contribution in [1.82, 2.24) is 4.31 Å². The summed E-state index contributed by atoms with van der Waals surface area (Å²) in [6.45, 7) is 3.65. The Morgan fingerprint density at radius 2 is 1.67 bits per heavy atom. The molecule has 1 aliphatic rings. The van der Waals surface area contributed by atoms with Crippen molar-refractivity contribution < 1.29 is 13.2 Å². The lowest BCUT2D eigenvalue weighted by molar-refractivity contribution is -0.121. The Labute approximate surface area is 142 Å². The molecule has 1 aliphatic heterocycles. The minimum Gasteiger partial charge on any atom is -0.268 e. The number of benzene rings is 2. The SMILES string of the molecule is C/C=C1\CC(c2ccccc2)N(S(=O)(=O)c2ccc(C)cc2)C1=O. The lowest BCUT2D eigenvalue weighted by Crippen LogP contribution is -2.34. The molecule has 4 nitrogen and oxygen atoms in total. The average molecular weight is 341 g/mol. The molecule has 2 aromatic carbocycles. The van der Waals surface area contributed by atoms with Crippen LogP contribution in [0.15, 0.2) is 71.1 Å². The van der Waals surface area contributed by atoms with Gasteiger partial charge in [0.15, 0.2) is 0 Å². The van der Waals surface area contributed by atoms with Gasteiger partial charge in [0.1, 0.15) is 0 Å². The molecule has 5 heteroatoms. The van der Waals surface area contributed by atoms with Gasteiger partial charge in [-0.05, 0) is 31.5 Å². The van der Waals surface area contributed by atoms with Gasteiger partial charge in [-0.15, -0.1) is 0 Å². The van der Waals surface area contributed by atoms with Gasteiger partial charge < -0.3 is 0 Å². The van der Waals surface area contributed by atoms with Gasteiger partial charge in [0.05, 0.1) is 10.9 Å². The van der Waals surface area contributed by atoms with Gasteiger partial charge in [-0.25, -0.2) is 12.7 Å². The molecule has 1 amide bonds. The van der Waals surface area contributed by atoms with Gasteiger partial charge in [0.2, 0.25) is 0 Å². The Balaban J connectivity index is 2.11. The molecule has 1 fully saturated rings. The zero-order valence-corrected chi connectivity index (χ0v) is 14.5. The van der Waals surface area contributed by atoms with Crippen LogP contribution in [0, 0.1) is 6.92 Å². The van der Waals surface area contributed by atoms with Crippen molar-refractivity contribution >= 4 is 15.9 Å². The Morgan fingerprint density at radius 1 is 1.04 bits per heavy atom. The Bertz CT molecular complexity index is 884. The standard InChI is InChI=1S/C19H19NO3S/c1-3-15-13-18(16-7-5-4-6-8-16)20(19(15)21)24(22,23)17-11-9-14(2)10-12-17/h3-12,18H,13H2,1-2H3/b15-3+. The topological polar surface area (TPSA) is 54.5 Å². The first kappa shape index (κ1) is 16.5. The second-order valence-corrected chi connectivity index (χ2v) is 7.68. The fourth-order valence-corrected chi connectivity index (χ4v) is 4.51. The minimum absolute atomic E-state index is 0.139. The highest BCUT2D eigenvalue weighted by atomic mass is 32.2. The predicted molar refractivity (Wildman–Crippen MR) is 92.8 cm³/mol. The van der Waals surface area contributed by atoms with Crippen LogP contribution in [-0.4, -0.2) is 18.6 Å². The minimum atomic E-state index is -3.90. The van der Waals surface area contributed by atoms with E-state index in [0.29, 0.717) is 12.0 Å². The molecular formula is C19H19NO3S. The van der Waals surface area contributed by atoms with E-state index in [2.05, 4.69) is 0 Å². The van der Waals surface area contributed by atoms with Crippen LogP contribution < -0.4 is 0 Å². The van der Waals surface area contributed by atoms with Crippen molar-refractivity contribution in [2.75, 3.05) is 0 Å². The summed E-state index contributed by atoms with van der Waals surface area (Å²) in [6.07, 6.45) is 2.09. The van der Waals surface area contributed by atoms with Crippen LogP contribution in [0.25, 0.3) is 0 Å². The van der Waals surface area contributed by atoms with Crippen LogP contribution in [0.2, 0.25) is 0 Å². The normalized spacial score (nSPS) is 19.9. The third-order valence-electron chi connectivity index (χ3n) is 4.28. The van der Waals surface area contributed by atoms with Crippen LogP contribution >= 0.6 is 0 Å². The van der Waals surface area contributed by atoms with Crippen molar-refractivity contribution in [3.8, 4) is 0 Å². The van der Waals surface area contributed by atoms with E-state index in [-0.39, 0.29) is 4.90 Å². The van der Waals surface area contributed by atoms with E-state index in [4.69, 9.17) is 0 Å². The first-order chi connectivity index (χ1) is 11.4. The fraction of sp³-hybridized carbons (Fsp3) is 0.211. The molecule has 0 bridgehead atoms. The van der Waals surface area contributed by atoms with Crippen LogP contribution in [0.5, 0.6) is 0 Å². The van der Waals surface area contributed by atoms with Crippen LogP contribution in [0.4, 0.5) is 0 Å². The van der Waals surface area contributed by atoms with E-state index in [1.165, 1.54) is 0 Å². The average Bonchev–Trinajstić information content (AvgIpc) is 2.93. The zero-order valence-electron chi connectivity index (χ0n) is 13.6. The smallest absolute Gasteiger partial charge is 0.267 e. The largest absolute Gasteiger partial charge is 0.268 e. The molecule has 0 N–H and O–H groups in total. The van der Waals surface area contributed by atoms with E-state index in [9.17, 15) is 13.2 Å². The molecule has 0 saturated carbocycles. The first-order valence-corrected chi connectivity index (χ1v) is 9.24. The van der Waals surface area contributed by atoms with E-state index in [1.807, 2.05) is 37.3 Å². The van der Waals surface area contributed by atoms with Gasteiger partial charge >= 0.3 is 0 Å². The zero-order chi connectivity index (χ0) is 17.3. The molecule has 0 radical (unpaired) electrons. The van der Waals surface area contributed by atoms with Gasteiger partial charge in [-0.2, -0.15) is 0 Å². The number of hydrogen-bond donors (Lipinski definition) is 0. The van der Waals surface area contributed by atoms with Crippen molar-refractivity contribution in [3.63, 3.8) is 0 Å². The lowest BCUT2D eigenvalue weighted by atomic mass is 10.0. The molecule has 0 spiro atoms. The van der Waals surface area contributed by atoms with E-state index in [0.717, 1.165) is 15.4 Å². The molecule has 1 saturated heterocycles. The summed E-state index contributed by atoms with van der Waals surface area (Å²) in [5.74, 6) is -0.438. The summed E-state index contributed by atoms with van der Waals surface area (Å²) >= 11 is 0. The summed E-state index contributed by atoms with van der Waals surface area (Å²) in [5, 5.41) is 0. The number of allylic oxidation sites excluding steroid dienone is 1. The third-order valence-corrected chi connectivity index (χ3v) is 6.09. The molecular weight excluding hydrogens is 322 g/mol. The van der Waals surface area contributed by atoms with E-state index >= 15 is 0 Å². The molecule has 0 aromatic heterocycles. The summed E-state index contributed by atoms with van der Waals surface area (Å²) in [5.41, 5.74) is 2.31. The second-order valence-electron chi connectivity index (χ2n) is 5.86. The highest BCUT2D eigenvalue weighted by molar-refractivity contribution is 7.89. The van der Waals surface area contributed by atoms with Gasteiger partial charge in [-0.1, -0.05) is 54.1 Å². The fourth-order valence-electron chi connectivity index (χ4n) is 2.93. The molecule has 0 aliphatic carbocycles. The number of rotatable bonds is 3. The van der Waals surface area contributed by atoms with Crippen LogP contribution in [0.3, 0.4) is 0 Å². The number of nitrogens with zero attached hydrogens (tertiary/aromatic N) is 1. The number of aryl methyl sites for hydroxylation is 1. The monoisotopic (exact) mass is 341 g/mol. The quantitative estimate of drug-likeness (QED) is 0.802. The summed E-state index contributed by atoms with van der Waals surface area (Å²) in [4.78, 5) is 12.8. The van der Waals surface area contributed by atoms with E-state index in [1.54, 1.807) is 37.3 Å².